The van der Waals surface area contributed by atoms with Crippen molar-refractivity contribution in [1.82, 2.24) is 5.32 Å². The van der Waals surface area contributed by atoms with Gasteiger partial charge in [0.25, 0.3) is 0 Å². The van der Waals surface area contributed by atoms with Crippen LogP contribution in [-0.4, -0.2) is 40.5 Å². The van der Waals surface area contributed by atoms with Gasteiger partial charge in [-0.3, -0.25) is 0 Å². The second kappa shape index (κ2) is 8.88. The SMILES string of the molecule is COc1ccc(CNC[C@H](O)c2ccc(OS(C)(=O)=O)cc2)c(OC)c1. The molecule has 142 valence electrons. The Bertz CT molecular complexity index is 820. The average molecular weight is 381 g/mol. The Morgan fingerprint density at radius 1 is 1.04 bits per heavy atom. The van der Waals surface area contributed by atoms with Crippen LogP contribution in [0, 0.1) is 0 Å². The van der Waals surface area contributed by atoms with Gasteiger partial charge in [-0.05, 0) is 23.8 Å². The van der Waals surface area contributed by atoms with Gasteiger partial charge in [-0.1, -0.05) is 18.2 Å². The van der Waals surface area contributed by atoms with Gasteiger partial charge >= 0.3 is 10.1 Å². The van der Waals surface area contributed by atoms with E-state index >= 15 is 0 Å². The average Bonchev–Trinajstić information content (AvgIpc) is 2.61. The van der Waals surface area contributed by atoms with Crippen LogP contribution in [0.15, 0.2) is 42.5 Å². The van der Waals surface area contributed by atoms with E-state index < -0.39 is 16.2 Å². The fourth-order valence-corrected chi connectivity index (χ4v) is 2.84. The van der Waals surface area contributed by atoms with Gasteiger partial charge in [0, 0.05) is 24.7 Å². The molecule has 0 aliphatic rings. The molecule has 0 aromatic heterocycles. The van der Waals surface area contributed by atoms with E-state index in [-0.39, 0.29) is 5.75 Å². The minimum absolute atomic E-state index is 0.208. The highest BCUT2D eigenvalue weighted by Crippen LogP contribution is 2.24. The van der Waals surface area contributed by atoms with Crippen molar-refractivity contribution in [3.05, 3.63) is 53.6 Å². The highest BCUT2D eigenvalue weighted by molar-refractivity contribution is 7.86. The number of ether oxygens (including phenoxy) is 2. The van der Waals surface area contributed by atoms with Crippen LogP contribution in [0.2, 0.25) is 0 Å². The summed E-state index contributed by atoms with van der Waals surface area (Å²) in [6.07, 6.45) is 0.235. The largest absolute Gasteiger partial charge is 0.497 e. The molecule has 2 N–H and O–H groups in total. The zero-order valence-electron chi connectivity index (χ0n) is 14.9. The third-order valence-corrected chi connectivity index (χ3v) is 4.16. The van der Waals surface area contributed by atoms with Gasteiger partial charge in [0.15, 0.2) is 0 Å². The summed E-state index contributed by atoms with van der Waals surface area (Å²) < 4.78 is 37.4. The molecule has 8 heteroatoms. The molecule has 2 aromatic carbocycles. The number of methoxy groups -OCH3 is 2. The summed E-state index contributed by atoms with van der Waals surface area (Å²) >= 11 is 0. The first kappa shape index (κ1) is 20.0. The molecule has 26 heavy (non-hydrogen) atoms. The van der Waals surface area contributed by atoms with Crippen molar-refractivity contribution < 1.29 is 27.2 Å². The first-order valence-corrected chi connectivity index (χ1v) is 9.73. The fraction of sp³-hybridized carbons (Fsp3) is 0.333. The molecule has 7 nitrogen and oxygen atoms in total. The van der Waals surface area contributed by atoms with Crippen LogP contribution < -0.4 is 19.0 Å². The lowest BCUT2D eigenvalue weighted by Gasteiger charge is -2.15. The molecule has 0 bridgehead atoms. The Kier molecular flexibility index (Phi) is 6.84. The van der Waals surface area contributed by atoms with E-state index in [1.807, 2.05) is 12.1 Å². The fourth-order valence-electron chi connectivity index (χ4n) is 2.38. The third kappa shape index (κ3) is 5.91. The zero-order valence-corrected chi connectivity index (χ0v) is 15.7. The Labute approximate surface area is 153 Å². The number of rotatable bonds is 9. The molecule has 0 unspecified atom stereocenters. The molecule has 0 spiro atoms. The number of benzene rings is 2. The van der Waals surface area contributed by atoms with Crippen LogP contribution in [-0.2, 0) is 16.7 Å². The molecule has 0 amide bonds. The summed E-state index contributed by atoms with van der Waals surface area (Å²) in [5.41, 5.74) is 1.59. The van der Waals surface area contributed by atoms with Gasteiger partial charge in [0.2, 0.25) is 0 Å². The minimum Gasteiger partial charge on any atom is -0.497 e. The molecule has 0 heterocycles. The molecule has 2 rings (SSSR count). The zero-order chi connectivity index (χ0) is 19.2. The highest BCUT2D eigenvalue weighted by atomic mass is 32.2. The Morgan fingerprint density at radius 3 is 2.27 bits per heavy atom. The smallest absolute Gasteiger partial charge is 0.306 e. The second-order valence-corrected chi connectivity index (χ2v) is 7.26. The van der Waals surface area contributed by atoms with Crippen molar-refractivity contribution in [2.45, 2.75) is 12.6 Å². The number of nitrogens with one attached hydrogen (secondary N) is 1. The molecule has 0 saturated heterocycles. The molecular weight excluding hydrogens is 358 g/mol. The summed E-state index contributed by atoms with van der Waals surface area (Å²) in [4.78, 5) is 0. The molecule has 0 aliphatic heterocycles. The summed E-state index contributed by atoms with van der Waals surface area (Å²) in [5, 5.41) is 13.4. The minimum atomic E-state index is -3.56. The van der Waals surface area contributed by atoms with E-state index in [0.717, 1.165) is 11.8 Å². The van der Waals surface area contributed by atoms with Gasteiger partial charge in [-0.25, -0.2) is 0 Å². The summed E-state index contributed by atoms with van der Waals surface area (Å²) in [5.74, 6) is 1.62. The lowest BCUT2D eigenvalue weighted by molar-refractivity contribution is 0.174. The maximum absolute atomic E-state index is 11.1. The molecule has 0 radical (unpaired) electrons. The summed E-state index contributed by atoms with van der Waals surface area (Å²) in [7, 11) is -0.379. The van der Waals surface area contributed by atoms with Crippen molar-refractivity contribution in [3.63, 3.8) is 0 Å². The van der Waals surface area contributed by atoms with Gasteiger partial charge in [0.1, 0.15) is 17.2 Å². The van der Waals surface area contributed by atoms with Crippen molar-refractivity contribution in [1.29, 1.82) is 0 Å². The predicted molar refractivity (Wildman–Crippen MR) is 98.1 cm³/mol. The normalized spacial score (nSPS) is 12.5. The van der Waals surface area contributed by atoms with Gasteiger partial charge in [-0.2, -0.15) is 8.42 Å². The number of hydrogen-bond acceptors (Lipinski definition) is 7. The van der Waals surface area contributed by atoms with Crippen LogP contribution in [0.4, 0.5) is 0 Å². The first-order chi connectivity index (χ1) is 12.3. The van der Waals surface area contributed by atoms with Crippen molar-refractivity contribution in [2.75, 3.05) is 27.0 Å². The van der Waals surface area contributed by atoms with E-state index in [1.54, 1.807) is 32.4 Å². The highest BCUT2D eigenvalue weighted by Gasteiger charge is 2.10. The quantitative estimate of drug-likeness (QED) is 0.640. The molecular formula is C18H23NO6S. The third-order valence-electron chi connectivity index (χ3n) is 3.66. The van der Waals surface area contributed by atoms with Crippen LogP contribution in [0.25, 0.3) is 0 Å². The monoisotopic (exact) mass is 381 g/mol. The van der Waals surface area contributed by atoms with Gasteiger partial charge in [-0.15, -0.1) is 0 Å². The second-order valence-electron chi connectivity index (χ2n) is 5.68. The lowest BCUT2D eigenvalue weighted by Crippen LogP contribution is -2.21. The predicted octanol–water partition coefficient (Wildman–Crippen LogP) is 1.87. The topological polar surface area (TPSA) is 94.1 Å². The van der Waals surface area contributed by atoms with Gasteiger partial charge < -0.3 is 24.1 Å². The van der Waals surface area contributed by atoms with E-state index in [4.69, 9.17) is 13.7 Å². The van der Waals surface area contributed by atoms with Crippen molar-refractivity contribution >= 4 is 10.1 Å². The van der Waals surface area contributed by atoms with Crippen LogP contribution in [0.3, 0.4) is 0 Å². The maximum atomic E-state index is 11.1. The summed E-state index contributed by atoms with van der Waals surface area (Å²) in [6, 6.07) is 11.8. The first-order valence-electron chi connectivity index (χ1n) is 7.91. The number of hydrogen-bond donors (Lipinski definition) is 2. The van der Waals surface area contributed by atoms with Crippen LogP contribution >= 0.6 is 0 Å². The van der Waals surface area contributed by atoms with Crippen molar-refractivity contribution in [2.24, 2.45) is 0 Å². The molecule has 2 aromatic rings. The van der Waals surface area contributed by atoms with E-state index in [1.165, 1.54) is 12.1 Å². The molecule has 1 atom stereocenters. The molecule has 0 saturated carbocycles. The Balaban J connectivity index is 1.91. The van der Waals surface area contributed by atoms with Crippen LogP contribution in [0.1, 0.15) is 17.2 Å². The Morgan fingerprint density at radius 2 is 1.69 bits per heavy atom. The van der Waals surface area contributed by atoms with E-state index in [9.17, 15) is 13.5 Å². The summed E-state index contributed by atoms with van der Waals surface area (Å²) in [6.45, 7) is 0.834. The van der Waals surface area contributed by atoms with E-state index in [2.05, 4.69) is 5.32 Å². The lowest BCUT2D eigenvalue weighted by atomic mass is 10.1. The maximum Gasteiger partial charge on any atom is 0.306 e. The Hall–Kier alpha value is -2.29. The van der Waals surface area contributed by atoms with Crippen molar-refractivity contribution in [3.8, 4) is 17.2 Å². The number of aliphatic hydroxyl groups excluding tert-OH is 1. The van der Waals surface area contributed by atoms with E-state index in [0.29, 0.717) is 30.2 Å². The number of aliphatic hydroxyl groups is 1. The molecule has 0 fully saturated rings. The van der Waals surface area contributed by atoms with Crippen LogP contribution in [0.5, 0.6) is 17.2 Å². The van der Waals surface area contributed by atoms with Gasteiger partial charge in [0.05, 0.1) is 26.6 Å². The standard InChI is InChI=1S/C18H23NO6S/c1-23-16-9-6-14(18(10-16)24-2)11-19-12-17(20)13-4-7-15(8-5-13)25-26(3,21)22/h4-10,17,19-20H,11-12H2,1-3H3/t17-/m0/s1. The molecule has 0 aliphatic carbocycles.